The molecule has 0 saturated carbocycles. The lowest BCUT2D eigenvalue weighted by Gasteiger charge is -2.12. The van der Waals surface area contributed by atoms with Crippen LogP contribution in [0.5, 0.6) is 0 Å². The van der Waals surface area contributed by atoms with Gasteiger partial charge in [-0.2, -0.15) is 0 Å². The van der Waals surface area contributed by atoms with Crippen molar-refractivity contribution in [2.24, 2.45) is 0 Å². The van der Waals surface area contributed by atoms with Gasteiger partial charge in [0.2, 0.25) is 0 Å². The Morgan fingerprint density at radius 1 is 1.12 bits per heavy atom. The first-order chi connectivity index (χ1) is 7.83. The molecule has 1 aromatic carbocycles. The zero-order valence-electron chi connectivity index (χ0n) is 10.2. The fourth-order valence-electron chi connectivity index (χ4n) is 1.70. The van der Waals surface area contributed by atoms with E-state index in [4.69, 9.17) is 0 Å². The molecular weight excluding hydrogens is 198 g/mol. The lowest BCUT2D eigenvalue weighted by molar-refractivity contribution is 0.173. The number of rotatable bonds is 8. The van der Waals surface area contributed by atoms with Gasteiger partial charge in [0.05, 0.1) is 6.10 Å². The Balaban J connectivity index is 2.08. The molecule has 2 nitrogen and oxygen atoms in total. The number of unbranched alkanes of at least 4 members (excludes halogenated alkanes) is 3. The number of benzene rings is 1. The average molecular weight is 221 g/mol. The summed E-state index contributed by atoms with van der Waals surface area (Å²) in [6.07, 6.45) is 5.57. The minimum absolute atomic E-state index is 0.225. The van der Waals surface area contributed by atoms with E-state index in [2.05, 4.69) is 12.2 Å². The van der Waals surface area contributed by atoms with Crippen molar-refractivity contribution < 1.29 is 5.11 Å². The topological polar surface area (TPSA) is 32.3 Å². The van der Waals surface area contributed by atoms with Gasteiger partial charge in [0.1, 0.15) is 0 Å². The number of para-hydroxylation sites is 1. The molecule has 2 heteroatoms. The van der Waals surface area contributed by atoms with Crippen LogP contribution in [0.1, 0.15) is 39.0 Å². The second kappa shape index (κ2) is 8.17. The first-order valence-corrected chi connectivity index (χ1v) is 6.30. The Kier molecular flexibility index (Phi) is 6.66. The lowest BCUT2D eigenvalue weighted by atomic mass is 10.1. The van der Waals surface area contributed by atoms with Gasteiger partial charge in [0.15, 0.2) is 0 Å². The average Bonchev–Trinajstić information content (AvgIpc) is 2.33. The van der Waals surface area contributed by atoms with Crippen LogP contribution in [0.3, 0.4) is 0 Å². The number of hydrogen-bond donors (Lipinski definition) is 2. The highest BCUT2D eigenvalue weighted by Gasteiger charge is 2.02. The van der Waals surface area contributed by atoms with Crippen LogP contribution in [-0.4, -0.2) is 17.8 Å². The summed E-state index contributed by atoms with van der Waals surface area (Å²) in [5.74, 6) is 0. The smallest absolute Gasteiger partial charge is 0.0712 e. The molecule has 0 saturated heterocycles. The van der Waals surface area contributed by atoms with Crippen molar-refractivity contribution in [3.8, 4) is 0 Å². The Morgan fingerprint density at radius 2 is 1.88 bits per heavy atom. The van der Waals surface area contributed by atoms with Crippen LogP contribution < -0.4 is 5.32 Å². The minimum Gasteiger partial charge on any atom is -0.391 e. The van der Waals surface area contributed by atoms with Gasteiger partial charge in [0, 0.05) is 12.2 Å². The highest BCUT2D eigenvalue weighted by molar-refractivity contribution is 5.42. The van der Waals surface area contributed by atoms with Crippen molar-refractivity contribution in [2.45, 2.75) is 45.1 Å². The van der Waals surface area contributed by atoms with Gasteiger partial charge in [-0.3, -0.25) is 0 Å². The van der Waals surface area contributed by atoms with Crippen molar-refractivity contribution in [3.63, 3.8) is 0 Å². The molecule has 1 atom stereocenters. The fraction of sp³-hybridized carbons (Fsp3) is 0.571. The Bertz CT molecular complexity index is 261. The molecule has 0 aromatic heterocycles. The SMILES string of the molecule is CCCCCC[C@@H](O)CNc1ccccc1. The number of aliphatic hydroxyl groups is 1. The lowest BCUT2D eigenvalue weighted by Crippen LogP contribution is -2.19. The minimum atomic E-state index is -0.225. The summed E-state index contributed by atoms with van der Waals surface area (Å²) in [6.45, 7) is 2.85. The molecule has 0 aliphatic carbocycles. The van der Waals surface area contributed by atoms with E-state index in [1.165, 1.54) is 19.3 Å². The van der Waals surface area contributed by atoms with Gasteiger partial charge < -0.3 is 10.4 Å². The molecule has 0 bridgehead atoms. The standard InChI is InChI=1S/C14H23NO/c1-2-3-4-8-11-14(16)12-15-13-9-6-5-7-10-13/h5-7,9-10,14-16H,2-4,8,11-12H2,1H3/t14-/m1/s1. The molecule has 0 spiro atoms. The van der Waals surface area contributed by atoms with Gasteiger partial charge >= 0.3 is 0 Å². The molecule has 0 aliphatic rings. The first kappa shape index (κ1) is 13.0. The molecule has 1 aromatic rings. The zero-order chi connectivity index (χ0) is 11.6. The normalized spacial score (nSPS) is 12.4. The van der Waals surface area contributed by atoms with Crippen molar-refractivity contribution in [1.82, 2.24) is 0 Å². The summed E-state index contributed by atoms with van der Waals surface area (Å²) < 4.78 is 0. The van der Waals surface area contributed by atoms with E-state index in [9.17, 15) is 5.11 Å². The fourth-order valence-corrected chi connectivity index (χ4v) is 1.70. The summed E-state index contributed by atoms with van der Waals surface area (Å²) in [6, 6.07) is 10.0. The first-order valence-electron chi connectivity index (χ1n) is 6.30. The number of hydrogen-bond acceptors (Lipinski definition) is 2. The quantitative estimate of drug-likeness (QED) is 0.659. The maximum atomic E-state index is 9.75. The molecule has 0 fully saturated rings. The van der Waals surface area contributed by atoms with Crippen LogP contribution in [-0.2, 0) is 0 Å². The molecule has 0 unspecified atom stereocenters. The van der Waals surface area contributed by atoms with Gasteiger partial charge in [0.25, 0.3) is 0 Å². The van der Waals surface area contributed by atoms with E-state index in [1.807, 2.05) is 30.3 Å². The summed E-state index contributed by atoms with van der Waals surface area (Å²) in [7, 11) is 0. The zero-order valence-corrected chi connectivity index (χ0v) is 10.2. The van der Waals surface area contributed by atoms with Gasteiger partial charge in [-0.1, -0.05) is 50.8 Å². The third-order valence-corrected chi connectivity index (χ3v) is 2.71. The van der Waals surface area contributed by atoms with Crippen molar-refractivity contribution >= 4 is 5.69 Å². The number of nitrogens with one attached hydrogen (secondary N) is 1. The highest BCUT2D eigenvalue weighted by atomic mass is 16.3. The van der Waals surface area contributed by atoms with Crippen molar-refractivity contribution in [3.05, 3.63) is 30.3 Å². The summed E-state index contributed by atoms with van der Waals surface area (Å²) >= 11 is 0. The molecule has 16 heavy (non-hydrogen) atoms. The molecule has 0 radical (unpaired) electrons. The Hall–Kier alpha value is -1.02. The van der Waals surface area contributed by atoms with Crippen LogP contribution in [0.2, 0.25) is 0 Å². The van der Waals surface area contributed by atoms with E-state index >= 15 is 0 Å². The Labute approximate surface area is 98.7 Å². The number of aliphatic hydroxyl groups excluding tert-OH is 1. The summed E-state index contributed by atoms with van der Waals surface area (Å²) in [4.78, 5) is 0. The molecule has 0 heterocycles. The molecule has 2 N–H and O–H groups in total. The van der Waals surface area contributed by atoms with E-state index < -0.39 is 0 Å². The molecule has 0 amide bonds. The predicted molar refractivity (Wildman–Crippen MR) is 69.7 cm³/mol. The van der Waals surface area contributed by atoms with Crippen LogP contribution in [0.15, 0.2) is 30.3 Å². The van der Waals surface area contributed by atoms with E-state index in [0.29, 0.717) is 6.54 Å². The van der Waals surface area contributed by atoms with Gasteiger partial charge in [-0.15, -0.1) is 0 Å². The van der Waals surface area contributed by atoms with E-state index in [0.717, 1.165) is 18.5 Å². The maximum absolute atomic E-state index is 9.75. The second-order valence-corrected chi connectivity index (χ2v) is 4.25. The Morgan fingerprint density at radius 3 is 2.56 bits per heavy atom. The molecule has 90 valence electrons. The molecular formula is C14H23NO. The van der Waals surface area contributed by atoms with Crippen LogP contribution in [0, 0.1) is 0 Å². The largest absolute Gasteiger partial charge is 0.391 e. The summed E-state index contributed by atoms with van der Waals surface area (Å²) in [5.41, 5.74) is 1.08. The predicted octanol–water partition coefficient (Wildman–Crippen LogP) is 3.43. The van der Waals surface area contributed by atoms with Crippen LogP contribution >= 0.6 is 0 Å². The second-order valence-electron chi connectivity index (χ2n) is 4.25. The summed E-state index contributed by atoms with van der Waals surface area (Å²) in [5, 5.41) is 13.0. The molecule has 0 aliphatic heterocycles. The van der Waals surface area contributed by atoms with Crippen molar-refractivity contribution in [1.29, 1.82) is 0 Å². The third kappa shape index (κ3) is 5.76. The van der Waals surface area contributed by atoms with E-state index in [-0.39, 0.29) is 6.10 Å². The van der Waals surface area contributed by atoms with Crippen LogP contribution in [0.4, 0.5) is 5.69 Å². The van der Waals surface area contributed by atoms with Gasteiger partial charge in [-0.25, -0.2) is 0 Å². The van der Waals surface area contributed by atoms with E-state index in [1.54, 1.807) is 0 Å². The maximum Gasteiger partial charge on any atom is 0.0712 e. The molecule has 1 rings (SSSR count). The highest BCUT2D eigenvalue weighted by Crippen LogP contribution is 2.08. The number of anilines is 1. The third-order valence-electron chi connectivity index (χ3n) is 2.71. The van der Waals surface area contributed by atoms with Crippen LogP contribution in [0.25, 0.3) is 0 Å². The van der Waals surface area contributed by atoms with Crippen molar-refractivity contribution in [2.75, 3.05) is 11.9 Å². The van der Waals surface area contributed by atoms with Gasteiger partial charge in [-0.05, 0) is 18.6 Å². The monoisotopic (exact) mass is 221 g/mol.